The van der Waals surface area contributed by atoms with E-state index in [9.17, 15) is 4.79 Å². The number of rotatable bonds is 4. The molecule has 0 aromatic carbocycles. The van der Waals surface area contributed by atoms with Crippen LogP contribution in [0.5, 0.6) is 0 Å². The zero-order valence-electron chi connectivity index (χ0n) is 8.72. The van der Waals surface area contributed by atoms with Crippen LogP contribution in [0.25, 0.3) is 0 Å². The highest BCUT2D eigenvalue weighted by Gasteiger charge is 2.04. The second-order valence-electron chi connectivity index (χ2n) is 3.48. The molecule has 0 fully saturated rings. The molecule has 2 heterocycles. The third-order valence-electron chi connectivity index (χ3n) is 2.29. The molecule has 0 radical (unpaired) electrons. The van der Waals surface area contributed by atoms with Crippen molar-refractivity contribution in [3.63, 3.8) is 0 Å². The molecule has 2 rings (SSSR count). The van der Waals surface area contributed by atoms with Gasteiger partial charge in [0.1, 0.15) is 5.76 Å². The third-order valence-corrected chi connectivity index (χ3v) is 2.29. The van der Waals surface area contributed by atoms with E-state index in [0.717, 1.165) is 18.7 Å². The van der Waals surface area contributed by atoms with Crippen LogP contribution >= 0.6 is 0 Å². The molecule has 0 aliphatic carbocycles. The summed E-state index contributed by atoms with van der Waals surface area (Å²) in [7, 11) is 0. The molecule has 15 heavy (non-hydrogen) atoms. The maximum Gasteiger partial charge on any atom is 0.328 e. The summed E-state index contributed by atoms with van der Waals surface area (Å²) in [4.78, 5) is 11.8. The van der Waals surface area contributed by atoms with Crippen LogP contribution in [0.15, 0.2) is 40.0 Å². The number of hydrogen-bond acceptors (Lipinski definition) is 2. The van der Waals surface area contributed by atoms with E-state index < -0.39 is 0 Å². The van der Waals surface area contributed by atoms with E-state index in [2.05, 4.69) is 6.92 Å². The highest BCUT2D eigenvalue weighted by Crippen LogP contribution is 2.01. The van der Waals surface area contributed by atoms with Gasteiger partial charge in [-0.3, -0.25) is 9.13 Å². The fourth-order valence-corrected chi connectivity index (χ4v) is 1.56. The zero-order valence-corrected chi connectivity index (χ0v) is 8.72. The van der Waals surface area contributed by atoms with Crippen LogP contribution in [-0.2, 0) is 13.1 Å². The van der Waals surface area contributed by atoms with Crippen LogP contribution in [0.2, 0.25) is 0 Å². The molecule has 0 unspecified atom stereocenters. The fraction of sp³-hybridized carbons (Fsp3) is 0.364. The smallest absolute Gasteiger partial charge is 0.328 e. The highest BCUT2D eigenvalue weighted by atomic mass is 16.3. The van der Waals surface area contributed by atoms with E-state index in [-0.39, 0.29) is 5.69 Å². The number of nitrogens with zero attached hydrogens (tertiary/aromatic N) is 2. The highest BCUT2D eigenvalue weighted by molar-refractivity contribution is 4.99. The van der Waals surface area contributed by atoms with Crippen LogP contribution in [0.1, 0.15) is 19.1 Å². The Morgan fingerprint density at radius 1 is 1.33 bits per heavy atom. The van der Waals surface area contributed by atoms with E-state index in [1.54, 1.807) is 21.6 Å². The molecule has 0 amide bonds. The molecule has 0 spiro atoms. The first kappa shape index (κ1) is 9.83. The topological polar surface area (TPSA) is 40.1 Å². The minimum Gasteiger partial charge on any atom is -0.467 e. The number of imidazole rings is 1. The minimum atomic E-state index is 0.0215. The van der Waals surface area contributed by atoms with Crippen molar-refractivity contribution in [3.05, 3.63) is 47.0 Å². The first-order chi connectivity index (χ1) is 7.31. The predicted octanol–water partition coefficient (Wildman–Crippen LogP) is 1.70. The van der Waals surface area contributed by atoms with Gasteiger partial charge >= 0.3 is 5.69 Å². The van der Waals surface area contributed by atoms with Crippen LogP contribution in [-0.4, -0.2) is 9.13 Å². The van der Waals surface area contributed by atoms with Gasteiger partial charge in [0.05, 0.1) is 12.8 Å². The van der Waals surface area contributed by atoms with Crippen molar-refractivity contribution in [2.45, 2.75) is 26.4 Å². The standard InChI is InChI=1S/C11H14N2O2/c1-2-5-12-6-7-13(11(12)14)9-10-4-3-8-15-10/h3-4,6-8H,2,5,9H2,1H3. The normalized spacial score (nSPS) is 10.7. The number of hydrogen-bond donors (Lipinski definition) is 0. The zero-order chi connectivity index (χ0) is 10.7. The van der Waals surface area contributed by atoms with Gasteiger partial charge in [0, 0.05) is 18.9 Å². The second-order valence-corrected chi connectivity index (χ2v) is 3.48. The van der Waals surface area contributed by atoms with Gasteiger partial charge in [0.2, 0.25) is 0 Å². The van der Waals surface area contributed by atoms with Crippen molar-refractivity contribution in [3.8, 4) is 0 Å². The van der Waals surface area contributed by atoms with Crippen molar-refractivity contribution >= 4 is 0 Å². The number of aromatic nitrogens is 2. The lowest BCUT2D eigenvalue weighted by atomic mass is 10.4. The van der Waals surface area contributed by atoms with Crippen molar-refractivity contribution in [2.75, 3.05) is 0 Å². The Kier molecular flexibility index (Phi) is 2.76. The molecular formula is C11H14N2O2. The van der Waals surface area contributed by atoms with E-state index in [4.69, 9.17) is 4.42 Å². The molecular weight excluding hydrogens is 192 g/mol. The van der Waals surface area contributed by atoms with Crippen molar-refractivity contribution in [2.24, 2.45) is 0 Å². The minimum absolute atomic E-state index is 0.0215. The molecule has 0 bridgehead atoms. The first-order valence-electron chi connectivity index (χ1n) is 5.09. The van der Waals surface area contributed by atoms with Crippen LogP contribution < -0.4 is 5.69 Å². The summed E-state index contributed by atoms with van der Waals surface area (Å²) in [6.45, 7) is 3.32. The SMILES string of the molecule is CCCn1ccn(Cc2ccco2)c1=O. The molecule has 80 valence electrons. The summed E-state index contributed by atoms with van der Waals surface area (Å²) in [6.07, 6.45) is 6.18. The summed E-state index contributed by atoms with van der Waals surface area (Å²) >= 11 is 0. The lowest BCUT2D eigenvalue weighted by Gasteiger charge is -1.98. The second kappa shape index (κ2) is 4.21. The molecule has 2 aromatic heterocycles. The molecule has 0 aliphatic rings. The van der Waals surface area contributed by atoms with Crippen LogP contribution in [0.4, 0.5) is 0 Å². The molecule has 0 N–H and O–H groups in total. The van der Waals surface area contributed by atoms with E-state index in [1.807, 2.05) is 18.3 Å². The van der Waals surface area contributed by atoms with Crippen molar-refractivity contribution < 1.29 is 4.42 Å². The van der Waals surface area contributed by atoms with Gasteiger partial charge in [-0.2, -0.15) is 0 Å². The Hall–Kier alpha value is -1.71. The maximum absolute atomic E-state index is 11.8. The van der Waals surface area contributed by atoms with Crippen LogP contribution in [0, 0.1) is 0 Å². The molecule has 0 saturated carbocycles. The first-order valence-corrected chi connectivity index (χ1v) is 5.09. The number of aryl methyl sites for hydroxylation is 1. The summed E-state index contributed by atoms with van der Waals surface area (Å²) in [6, 6.07) is 3.69. The predicted molar refractivity (Wildman–Crippen MR) is 56.8 cm³/mol. The Labute approximate surface area is 87.8 Å². The molecule has 4 heteroatoms. The summed E-state index contributed by atoms with van der Waals surface area (Å²) in [5.41, 5.74) is 0.0215. The third kappa shape index (κ3) is 2.03. The monoisotopic (exact) mass is 206 g/mol. The Balaban J connectivity index is 2.19. The Morgan fingerprint density at radius 3 is 2.80 bits per heavy atom. The van der Waals surface area contributed by atoms with Gasteiger partial charge in [-0.05, 0) is 18.6 Å². The van der Waals surface area contributed by atoms with Crippen molar-refractivity contribution in [1.29, 1.82) is 0 Å². The molecule has 0 aliphatic heterocycles. The largest absolute Gasteiger partial charge is 0.467 e. The summed E-state index contributed by atoms with van der Waals surface area (Å²) in [5.74, 6) is 0.798. The molecule has 0 saturated heterocycles. The van der Waals surface area contributed by atoms with Crippen LogP contribution in [0.3, 0.4) is 0 Å². The maximum atomic E-state index is 11.8. The molecule has 2 aromatic rings. The van der Waals surface area contributed by atoms with Gasteiger partial charge in [0.25, 0.3) is 0 Å². The van der Waals surface area contributed by atoms with Gasteiger partial charge < -0.3 is 4.42 Å². The number of furan rings is 1. The lowest BCUT2D eigenvalue weighted by molar-refractivity contribution is 0.486. The quantitative estimate of drug-likeness (QED) is 0.763. The van der Waals surface area contributed by atoms with Crippen molar-refractivity contribution in [1.82, 2.24) is 9.13 Å². The fourth-order valence-electron chi connectivity index (χ4n) is 1.56. The van der Waals surface area contributed by atoms with Gasteiger partial charge in [-0.25, -0.2) is 4.79 Å². The summed E-state index contributed by atoms with van der Waals surface area (Å²) in [5, 5.41) is 0. The van der Waals surface area contributed by atoms with E-state index >= 15 is 0 Å². The van der Waals surface area contributed by atoms with Gasteiger partial charge in [-0.1, -0.05) is 6.92 Å². The molecule has 0 atom stereocenters. The Morgan fingerprint density at radius 2 is 2.13 bits per heavy atom. The van der Waals surface area contributed by atoms with E-state index in [1.165, 1.54) is 0 Å². The molecule has 4 nitrogen and oxygen atoms in total. The lowest BCUT2D eigenvalue weighted by Crippen LogP contribution is -2.24. The Bertz CT molecular complexity index is 465. The average molecular weight is 206 g/mol. The van der Waals surface area contributed by atoms with E-state index in [0.29, 0.717) is 6.54 Å². The van der Waals surface area contributed by atoms with Gasteiger partial charge in [0.15, 0.2) is 0 Å². The summed E-state index contributed by atoms with van der Waals surface area (Å²) < 4.78 is 8.55. The van der Waals surface area contributed by atoms with Gasteiger partial charge in [-0.15, -0.1) is 0 Å². The average Bonchev–Trinajstić information content (AvgIpc) is 2.83.